The van der Waals surface area contributed by atoms with Crippen LogP contribution in [0.25, 0.3) is 16.8 Å². The fourth-order valence-electron chi connectivity index (χ4n) is 2.91. The van der Waals surface area contributed by atoms with Gasteiger partial charge in [0.2, 0.25) is 5.95 Å². The van der Waals surface area contributed by atoms with E-state index in [2.05, 4.69) is 20.5 Å². The zero-order chi connectivity index (χ0) is 21.5. The van der Waals surface area contributed by atoms with Gasteiger partial charge in [-0.15, -0.1) is 5.10 Å². The average Bonchev–Trinajstić information content (AvgIpc) is 3.34. The van der Waals surface area contributed by atoms with E-state index in [9.17, 15) is 13.2 Å². The molecule has 11 heteroatoms. The van der Waals surface area contributed by atoms with Gasteiger partial charge in [0, 0.05) is 31.4 Å². The molecule has 0 aliphatic carbocycles. The highest BCUT2D eigenvalue weighted by Crippen LogP contribution is 2.25. The lowest BCUT2D eigenvalue weighted by molar-refractivity contribution is 0.0827. The zero-order valence-corrected chi connectivity index (χ0v) is 17.3. The zero-order valence-electron chi connectivity index (χ0n) is 16.5. The number of fused-ring (bicyclic) bond motifs is 1. The van der Waals surface area contributed by atoms with Crippen molar-refractivity contribution in [2.45, 2.75) is 0 Å². The van der Waals surface area contributed by atoms with Crippen LogP contribution in [0.2, 0.25) is 0 Å². The maximum absolute atomic E-state index is 12.1. The van der Waals surface area contributed by atoms with E-state index in [1.54, 1.807) is 36.9 Å². The molecule has 0 saturated heterocycles. The van der Waals surface area contributed by atoms with Crippen molar-refractivity contribution in [3.05, 3.63) is 60.6 Å². The standard InChI is InChI=1S/C19H19N7O3S/c1-24(2)18(27)14-8-6-13(7-9-14)16-5-4-10-25-17(16)22-19(23-25)21-15-11-20-26(12-15)30(3,28)29/h4-12H,1-3H3,(H,21,23). The summed E-state index contributed by atoms with van der Waals surface area (Å²) in [5, 5.41) is 11.2. The van der Waals surface area contributed by atoms with Gasteiger partial charge in [0.25, 0.3) is 15.9 Å². The van der Waals surface area contributed by atoms with Crippen LogP contribution in [0.1, 0.15) is 10.4 Å². The summed E-state index contributed by atoms with van der Waals surface area (Å²) in [6.07, 6.45) is 5.56. The molecule has 0 fully saturated rings. The molecule has 3 heterocycles. The van der Waals surface area contributed by atoms with Gasteiger partial charge in [0.1, 0.15) is 0 Å². The summed E-state index contributed by atoms with van der Waals surface area (Å²) < 4.78 is 25.6. The number of nitrogens with one attached hydrogen (secondary N) is 1. The van der Waals surface area contributed by atoms with E-state index in [0.29, 0.717) is 22.8 Å². The van der Waals surface area contributed by atoms with Gasteiger partial charge in [-0.2, -0.15) is 14.2 Å². The van der Waals surface area contributed by atoms with Gasteiger partial charge in [-0.25, -0.2) is 12.9 Å². The van der Waals surface area contributed by atoms with E-state index in [4.69, 9.17) is 0 Å². The van der Waals surface area contributed by atoms with Crippen molar-refractivity contribution in [3.63, 3.8) is 0 Å². The SMILES string of the molecule is CN(C)C(=O)c1ccc(-c2cccn3nc(Nc4cnn(S(C)(=O)=O)c4)nc23)cc1. The minimum absolute atomic E-state index is 0.0663. The Morgan fingerprint density at radius 2 is 1.87 bits per heavy atom. The lowest BCUT2D eigenvalue weighted by Gasteiger charge is -2.10. The van der Waals surface area contributed by atoms with Crippen molar-refractivity contribution < 1.29 is 13.2 Å². The second-order valence-electron chi connectivity index (χ2n) is 6.89. The number of carbonyl (C=O) groups is 1. The molecule has 154 valence electrons. The van der Waals surface area contributed by atoms with Crippen LogP contribution in [0.5, 0.6) is 0 Å². The Bertz CT molecular complexity index is 1340. The van der Waals surface area contributed by atoms with E-state index in [1.807, 2.05) is 24.3 Å². The molecule has 3 aromatic heterocycles. The van der Waals surface area contributed by atoms with E-state index >= 15 is 0 Å². The lowest BCUT2D eigenvalue weighted by Crippen LogP contribution is -2.21. The molecule has 1 amide bonds. The van der Waals surface area contributed by atoms with E-state index in [1.165, 1.54) is 17.3 Å². The Morgan fingerprint density at radius 3 is 2.50 bits per heavy atom. The highest BCUT2D eigenvalue weighted by molar-refractivity contribution is 7.89. The van der Waals surface area contributed by atoms with Crippen LogP contribution >= 0.6 is 0 Å². The summed E-state index contributed by atoms with van der Waals surface area (Å²) in [5.74, 6) is 0.235. The Balaban J connectivity index is 1.66. The molecule has 10 nitrogen and oxygen atoms in total. The molecule has 0 aliphatic rings. The molecule has 4 rings (SSSR count). The molecule has 0 atom stereocenters. The van der Waals surface area contributed by atoms with Gasteiger partial charge in [0.05, 0.1) is 24.3 Å². The normalized spacial score (nSPS) is 11.6. The van der Waals surface area contributed by atoms with Crippen LogP contribution in [0.3, 0.4) is 0 Å². The maximum atomic E-state index is 12.1. The smallest absolute Gasteiger partial charge is 0.253 e. The molecule has 4 aromatic rings. The van der Waals surface area contributed by atoms with Gasteiger partial charge < -0.3 is 10.2 Å². The number of rotatable bonds is 5. The number of nitrogens with zero attached hydrogens (tertiary/aromatic N) is 6. The van der Waals surface area contributed by atoms with Gasteiger partial charge >= 0.3 is 0 Å². The number of aromatic nitrogens is 5. The lowest BCUT2D eigenvalue weighted by atomic mass is 10.0. The predicted molar refractivity (Wildman–Crippen MR) is 112 cm³/mol. The molecule has 0 radical (unpaired) electrons. The largest absolute Gasteiger partial charge is 0.345 e. The van der Waals surface area contributed by atoms with Gasteiger partial charge in [-0.1, -0.05) is 12.1 Å². The molecule has 0 bridgehead atoms. The van der Waals surface area contributed by atoms with E-state index < -0.39 is 10.0 Å². The van der Waals surface area contributed by atoms with Gasteiger partial charge in [-0.05, 0) is 29.8 Å². The predicted octanol–water partition coefficient (Wildman–Crippen LogP) is 1.85. The van der Waals surface area contributed by atoms with Crippen molar-refractivity contribution in [1.82, 2.24) is 28.7 Å². The average molecular weight is 425 g/mol. The number of anilines is 2. The minimum Gasteiger partial charge on any atom is -0.345 e. The third-order valence-electron chi connectivity index (χ3n) is 4.37. The van der Waals surface area contributed by atoms with Crippen LogP contribution in [0.15, 0.2) is 55.0 Å². The first kappa shape index (κ1) is 19.6. The molecule has 1 N–H and O–H groups in total. The summed E-state index contributed by atoms with van der Waals surface area (Å²) >= 11 is 0. The fourth-order valence-corrected chi connectivity index (χ4v) is 3.44. The van der Waals surface area contributed by atoms with Crippen molar-refractivity contribution in [2.24, 2.45) is 0 Å². The van der Waals surface area contributed by atoms with Crippen LogP contribution < -0.4 is 5.32 Å². The maximum Gasteiger partial charge on any atom is 0.253 e. The molecule has 0 spiro atoms. The Morgan fingerprint density at radius 1 is 1.13 bits per heavy atom. The summed E-state index contributed by atoms with van der Waals surface area (Å²) in [5.41, 5.74) is 3.39. The quantitative estimate of drug-likeness (QED) is 0.519. The fraction of sp³-hybridized carbons (Fsp3) is 0.158. The summed E-state index contributed by atoms with van der Waals surface area (Å²) in [7, 11) is -0.0449. The second-order valence-corrected chi connectivity index (χ2v) is 8.73. The number of hydrogen-bond donors (Lipinski definition) is 1. The monoisotopic (exact) mass is 425 g/mol. The molecule has 0 saturated carbocycles. The van der Waals surface area contributed by atoms with Crippen LogP contribution in [-0.4, -0.2) is 63.4 Å². The van der Waals surface area contributed by atoms with Crippen molar-refractivity contribution in [2.75, 3.05) is 25.7 Å². The van der Waals surface area contributed by atoms with Gasteiger partial charge in [-0.3, -0.25) is 4.79 Å². The first-order valence-electron chi connectivity index (χ1n) is 8.92. The first-order chi connectivity index (χ1) is 14.2. The van der Waals surface area contributed by atoms with E-state index in [0.717, 1.165) is 21.5 Å². The third-order valence-corrected chi connectivity index (χ3v) is 5.25. The highest BCUT2D eigenvalue weighted by Gasteiger charge is 2.13. The van der Waals surface area contributed by atoms with E-state index in [-0.39, 0.29) is 5.91 Å². The molecular formula is C19H19N7O3S. The number of hydrogen-bond acceptors (Lipinski definition) is 7. The van der Waals surface area contributed by atoms with Crippen molar-refractivity contribution >= 4 is 33.2 Å². The van der Waals surface area contributed by atoms with Crippen LogP contribution in [-0.2, 0) is 10.0 Å². The first-order valence-corrected chi connectivity index (χ1v) is 10.8. The van der Waals surface area contributed by atoms with Gasteiger partial charge in [0.15, 0.2) is 5.65 Å². The summed E-state index contributed by atoms with van der Waals surface area (Å²) in [4.78, 5) is 18.1. The summed E-state index contributed by atoms with van der Waals surface area (Å²) in [6, 6.07) is 11.0. The van der Waals surface area contributed by atoms with Crippen molar-refractivity contribution in [3.8, 4) is 11.1 Å². The molecule has 0 unspecified atom stereocenters. The highest BCUT2D eigenvalue weighted by atomic mass is 32.2. The Hall–Kier alpha value is -3.73. The molecule has 0 aliphatic heterocycles. The molecular weight excluding hydrogens is 406 g/mol. The topological polar surface area (TPSA) is 114 Å². The second kappa shape index (κ2) is 7.26. The molecule has 1 aromatic carbocycles. The van der Waals surface area contributed by atoms with Crippen molar-refractivity contribution in [1.29, 1.82) is 0 Å². The number of pyridine rings is 1. The van der Waals surface area contributed by atoms with Crippen LogP contribution in [0.4, 0.5) is 11.6 Å². The third kappa shape index (κ3) is 3.74. The molecule has 30 heavy (non-hydrogen) atoms. The Kier molecular flexibility index (Phi) is 4.74. The van der Waals surface area contributed by atoms with Crippen LogP contribution in [0, 0.1) is 0 Å². The number of carbonyl (C=O) groups excluding carboxylic acids is 1. The summed E-state index contributed by atoms with van der Waals surface area (Å²) in [6.45, 7) is 0. The minimum atomic E-state index is -3.46. The number of amides is 1. The number of benzene rings is 1. The Labute approximate surface area is 172 Å².